The normalized spacial score (nSPS) is 23.3. The second-order valence-corrected chi connectivity index (χ2v) is 7.43. The summed E-state index contributed by atoms with van der Waals surface area (Å²) in [6, 6.07) is 2.02. The van der Waals surface area contributed by atoms with Gasteiger partial charge in [0.25, 0.3) is 0 Å². The Morgan fingerprint density at radius 3 is 2.87 bits per heavy atom. The van der Waals surface area contributed by atoms with Gasteiger partial charge in [-0.05, 0) is 24.6 Å². The summed E-state index contributed by atoms with van der Waals surface area (Å²) in [7, 11) is 1.25. The molecule has 0 spiro atoms. The lowest BCUT2D eigenvalue weighted by atomic mass is 9.92. The number of hydrogen-bond acceptors (Lipinski definition) is 7. The molecule has 1 amide bonds. The number of carbonyl (C=O) groups is 2. The molecule has 2 aromatic rings. The number of rotatable bonds is 4. The summed E-state index contributed by atoms with van der Waals surface area (Å²) in [5, 5.41) is 11.6. The Morgan fingerprint density at radius 2 is 2.13 bits per heavy atom. The number of methoxy groups -OCH3 is 1. The average molecular weight is 434 g/mol. The Bertz CT molecular complexity index is 1020. The maximum absolute atomic E-state index is 14.3. The van der Waals surface area contributed by atoms with Crippen molar-refractivity contribution in [1.82, 2.24) is 20.2 Å². The number of amides is 1. The fraction of sp³-hybridized carbons (Fsp3) is 0.400. The summed E-state index contributed by atoms with van der Waals surface area (Å²) in [5.74, 6) is -1.96. The van der Waals surface area contributed by atoms with Crippen molar-refractivity contribution in [3.05, 3.63) is 58.7 Å². The first-order valence-corrected chi connectivity index (χ1v) is 9.59. The van der Waals surface area contributed by atoms with Gasteiger partial charge in [0.2, 0.25) is 5.82 Å². The highest BCUT2D eigenvalue weighted by Crippen LogP contribution is 2.34. The fourth-order valence-electron chi connectivity index (χ4n) is 4.03. The molecular formula is C20H20F2N4O5. The Hall–Kier alpha value is -3.18. The van der Waals surface area contributed by atoms with E-state index < -0.39 is 35.8 Å². The number of aromatic nitrogens is 2. The van der Waals surface area contributed by atoms with E-state index in [1.807, 2.05) is 4.90 Å². The zero-order chi connectivity index (χ0) is 22.1. The highest BCUT2D eigenvalue weighted by Gasteiger charge is 2.39. The predicted molar refractivity (Wildman–Crippen MR) is 101 cm³/mol. The molecule has 1 saturated heterocycles. The van der Waals surface area contributed by atoms with Crippen molar-refractivity contribution >= 4 is 12.1 Å². The van der Waals surface area contributed by atoms with Gasteiger partial charge in [-0.15, -0.1) is 0 Å². The van der Waals surface area contributed by atoms with E-state index in [4.69, 9.17) is 4.74 Å². The third-order valence-corrected chi connectivity index (χ3v) is 5.50. The molecule has 0 saturated carbocycles. The van der Waals surface area contributed by atoms with Crippen LogP contribution in [0.25, 0.3) is 0 Å². The molecule has 0 radical (unpaired) electrons. The van der Waals surface area contributed by atoms with Crippen LogP contribution in [0.2, 0.25) is 0 Å². The number of carboxylic acid groups (broad SMARTS) is 1. The monoisotopic (exact) mass is 434 g/mol. The quantitative estimate of drug-likeness (QED) is 0.703. The standard InChI is InChI=1S/C20H20F2N4O5/c1-30-19(27)18-23-6-10-7-26(8-16(10)24-18)12-5-15(25-20(28)29)17(31-9-12)13-4-11(21)2-3-14(13)22/h2-4,6,12,15,17,25H,5,7-9H2,1H3,(H,28,29)/t12-,15+,17-/m1/s1. The molecular weight excluding hydrogens is 414 g/mol. The smallest absolute Gasteiger partial charge is 0.404 e. The molecule has 1 fully saturated rings. The highest BCUT2D eigenvalue weighted by atomic mass is 19.1. The summed E-state index contributed by atoms with van der Waals surface area (Å²) in [4.78, 5) is 33.3. The van der Waals surface area contributed by atoms with E-state index in [1.54, 1.807) is 6.20 Å². The van der Waals surface area contributed by atoms with Crippen molar-refractivity contribution in [2.45, 2.75) is 37.7 Å². The number of esters is 1. The van der Waals surface area contributed by atoms with Crippen LogP contribution >= 0.6 is 0 Å². The number of ether oxygens (including phenoxy) is 2. The number of benzene rings is 1. The summed E-state index contributed by atoms with van der Waals surface area (Å²) < 4.78 is 38.4. The second-order valence-electron chi connectivity index (χ2n) is 7.43. The van der Waals surface area contributed by atoms with Crippen LogP contribution in [0.3, 0.4) is 0 Å². The maximum Gasteiger partial charge on any atom is 0.404 e. The second kappa shape index (κ2) is 8.52. The molecule has 1 aromatic heterocycles. The van der Waals surface area contributed by atoms with Crippen LogP contribution in [0, 0.1) is 11.6 Å². The van der Waals surface area contributed by atoms with Crippen LogP contribution in [0.1, 0.15) is 40.0 Å². The van der Waals surface area contributed by atoms with Crippen molar-refractivity contribution in [2.24, 2.45) is 0 Å². The van der Waals surface area contributed by atoms with Gasteiger partial charge in [-0.25, -0.2) is 28.3 Å². The van der Waals surface area contributed by atoms with Crippen LogP contribution in [0.5, 0.6) is 0 Å². The zero-order valence-corrected chi connectivity index (χ0v) is 16.5. The van der Waals surface area contributed by atoms with E-state index >= 15 is 0 Å². The molecule has 2 aliphatic heterocycles. The van der Waals surface area contributed by atoms with Gasteiger partial charge in [0.15, 0.2) is 0 Å². The van der Waals surface area contributed by atoms with Gasteiger partial charge in [-0.3, -0.25) is 4.90 Å². The Labute approximate surface area is 176 Å². The third kappa shape index (κ3) is 4.32. The molecule has 3 heterocycles. The summed E-state index contributed by atoms with van der Waals surface area (Å²) in [6.45, 7) is 1.09. The minimum absolute atomic E-state index is 0.0319. The van der Waals surface area contributed by atoms with Crippen LogP contribution in [0.15, 0.2) is 24.4 Å². The predicted octanol–water partition coefficient (Wildman–Crippen LogP) is 2.02. The van der Waals surface area contributed by atoms with Gasteiger partial charge in [-0.1, -0.05) is 0 Å². The van der Waals surface area contributed by atoms with E-state index in [0.717, 1.165) is 23.8 Å². The van der Waals surface area contributed by atoms with E-state index in [9.17, 15) is 23.5 Å². The number of nitrogens with zero attached hydrogens (tertiary/aromatic N) is 3. The minimum Gasteiger partial charge on any atom is -0.465 e. The van der Waals surface area contributed by atoms with E-state index in [-0.39, 0.29) is 24.0 Å². The molecule has 164 valence electrons. The van der Waals surface area contributed by atoms with Crippen LogP contribution in [0.4, 0.5) is 13.6 Å². The van der Waals surface area contributed by atoms with Crippen molar-refractivity contribution in [3.8, 4) is 0 Å². The van der Waals surface area contributed by atoms with E-state index in [1.165, 1.54) is 7.11 Å². The van der Waals surface area contributed by atoms with Gasteiger partial charge in [0.05, 0.1) is 25.5 Å². The number of carbonyl (C=O) groups excluding carboxylic acids is 1. The molecule has 3 atom stereocenters. The molecule has 2 N–H and O–H groups in total. The lowest BCUT2D eigenvalue weighted by molar-refractivity contribution is -0.0601. The Morgan fingerprint density at radius 1 is 1.32 bits per heavy atom. The number of halogens is 2. The first-order valence-electron chi connectivity index (χ1n) is 9.59. The topological polar surface area (TPSA) is 114 Å². The first kappa shape index (κ1) is 21.1. The lowest BCUT2D eigenvalue weighted by Crippen LogP contribution is -2.51. The molecule has 0 bridgehead atoms. The van der Waals surface area contributed by atoms with Gasteiger partial charge in [0, 0.05) is 36.5 Å². The Balaban J connectivity index is 1.52. The summed E-state index contributed by atoms with van der Waals surface area (Å²) >= 11 is 0. The zero-order valence-electron chi connectivity index (χ0n) is 16.5. The molecule has 9 nitrogen and oxygen atoms in total. The number of fused-ring (bicyclic) bond motifs is 1. The van der Waals surface area contributed by atoms with E-state index in [0.29, 0.717) is 25.2 Å². The van der Waals surface area contributed by atoms with Gasteiger partial charge >= 0.3 is 12.1 Å². The molecule has 1 aromatic carbocycles. The van der Waals surface area contributed by atoms with Crippen molar-refractivity contribution in [1.29, 1.82) is 0 Å². The van der Waals surface area contributed by atoms with Crippen molar-refractivity contribution in [2.75, 3.05) is 13.7 Å². The average Bonchev–Trinajstić information content (AvgIpc) is 3.18. The molecule has 0 aliphatic carbocycles. The molecule has 11 heteroatoms. The largest absolute Gasteiger partial charge is 0.465 e. The molecule has 2 aliphatic rings. The van der Waals surface area contributed by atoms with Gasteiger partial charge in [0.1, 0.15) is 17.7 Å². The summed E-state index contributed by atoms with van der Waals surface area (Å²) in [5.41, 5.74) is 1.49. The highest BCUT2D eigenvalue weighted by molar-refractivity contribution is 5.85. The maximum atomic E-state index is 14.3. The molecule has 4 rings (SSSR count). The first-order chi connectivity index (χ1) is 14.9. The van der Waals surface area contributed by atoms with Gasteiger partial charge < -0.3 is 19.9 Å². The lowest BCUT2D eigenvalue weighted by Gasteiger charge is -2.40. The van der Waals surface area contributed by atoms with Crippen LogP contribution in [-0.2, 0) is 22.6 Å². The SMILES string of the molecule is COC(=O)c1ncc2c(n1)CN([C@H]1CO[C@H](c3cc(F)ccc3F)[C@@H](NC(=O)O)C1)C2. The third-order valence-electron chi connectivity index (χ3n) is 5.50. The van der Waals surface area contributed by atoms with Gasteiger partial charge in [-0.2, -0.15) is 0 Å². The van der Waals surface area contributed by atoms with Crippen LogP contribution < -0.4 is 5.32 Å². The van der Waals surface area contributed by atoms with E-state index in [2.05, 4.69) is 20.0 Å². The summed E-state index contributed by atoms with van der Waals surface area (Å²) in [6.07, 6.45) is -0.359. The molecule has 0 unspecified atom stereocenters. The minimum atomic E-state index is -1.28. The Kier molecular flexibility index (Phi) is 5.79. The number of nitrogens with one attached hydrogen (secondary N) is 1. The molecule has 31 heavy (non-hydrogen) atoms. The fourth-order valence-corrected chi connectivity index (χ4v) is 4.03. The van der Waals surface area contributed by atoms with Crippen molar-refractivity contribution < 1.29 is 33.0 Å². The van der Waals surface area contributed by atoms with Crippen molar-refractivity contribution in [3.63, 3.8) is 0 Å². The van der Waals surface area contributed by atoms with Crippen LogP contribution in [-0.4, -0.2) is 57.8 Å². The number of hydrogen-bond donors (Lipinski definition) is 2.